The molecule has 1 fully saturated rings. The molecular formula is C23H29ClN4O2. The van der Waals surface area contributed by atoms with Gasteiger partial charge in [0.1, 0.15) is 0 Å². The molecule has 6 nitrogen and oxygen atoms in total. The van der Waals surface area contributed by atoms with Crippen LogP contribution in [0, 0.1) is 0 Å². The van der Waals surface area contributed by atoms with Crippen molar-refractivity contribution in [2.75, 3.05) is 44.6 Å². The SMILES string of the molecule is CCc1ccccc1NC(=O)CNC(=O)CN1CCN(Cc2ccc(Cl)cc2)CC1. The molecule has 0 radical (unpaired) electrons. The maximum absolute atomic E-state index is 12.2. The van der Waals surface area contributed by atoms with Crippen molar-refractivity contribution < 1.29 is 9.59 Å². The van der Waals surface area contributed by atoms with Crippen LogP contribution in [0.2, 0.25) is 5.02 Å². The van der Waals surface area contributed by atoms with Crippen LogP contribution in [-0.4, -0.2) is 60.9 Å². The third-order valence-electron chi connectivity index (χ3n) is 5.27. The molecular weight excluding hydrogens is 400 g/mol. The highest BCUT2D eigenvalue weighted by Crippen LogP contribution is 2.15. The van der Waals surface area contributed by atoms with Crippen LogP contribution in [-0.2, 0) is 22.6 Å². The normalized spacial score (nSPS) is 15.0. The Kier molecular flexibility index (Phi) is 8.25. The average molecular weight is 429 g/mol. The second kappa shape index (κ2) is 11.1. The van der Waals surface area contributed by atoms with Crippen molar-refractivity contribution in [3.8, 4) is 0 Å². The number of hydrogen-bond acceptors (Lipinski definition) is 4. The Bertz CT molecular complexity index is 849. The minimum atomic E-state index is -0.211. The Morgan fingerprint density at radius 2 is 1.60 bits per heavy atom. The number of carbonyl (C=O) groups is 2. The molecule has 7 heteroatoms. The maximum Gasteiger partial charge on any atom is 0.243 e. The van der Waals surface area contributed by atoms with E-state index in [2.05, 4.69) is 20.4 Å². The molecule has 2 N–H and O–H groups in total. The van der Waals surface area contributed by atoms with Gasteiger partial charge in [0.05, 0.1) is 13.1 Å². The van der Waals surface area contributed by atoms with Crippen molar-refractivity contribution in [3.63, 3.8) is 0 Å². The first-order chi connectivity index (χ1) is 14.5. The first-order valence-corrected chi connectivity index (χ1v) is 10.7. The van der Waals surface area contributed by atoms with Gasteiger partial charge in [-0.1, -0.05) is 48.9 Å². The predicted molar refractivity (Wildman–Crippen MR) is 121 cm³/mol. The molecule has 0 bridgehead atoms. The Balaban J connectivity index is 1.35. The molecule has 0 atom stereocenters. The van der Waals surface area contributed by atoms with Crippen LogP contribution in [0.3, 0.4) is 0 Å². The molecule has 3 rings (SSSR count). The number of nitrogens with zero attached hydrogens (tertiary/aromatic N) is 2. The van der Waals surface area contributed by atoms with E-state index < -0.39 is 0 Å². The number of nitrogens with one attached hydrogen (secondary N) is 2. The Morgan fingerprint density at radius 3 is 2.30 bits per heavy atom. The van der Waals surface area contributed by atoms with E-state index in [1.54, 1.807) is 0 Å². The molecule has 160 valence electrons. The highest BCUT2D eigenvalue weighted by molar-refractivity contribution is 6.30. The van der Waals surface area contributed by atoms with Gasteiger partial charge in [-0.05, 0) is 35.7 Å². The van der Waals surface area contributed by atoms with Gasteiger partial charge in [-0.2, -0.15) is 0 Å². The fraction of sp³-hybridized carbons (Fsp3) is 0.391. The molecule has 1 aliphatic rings. The summed E-state index contributed by atoms with van der Waals surface area (Å²) in [4.78, 5) is 28.9. The molecule has 1 aliphatic heterocycles. The second-order valence-electron chi connectivity index (χ2n) is 7.51. The quantitative estimate of drug-likeness (QED) is 0.678. The van der Waals surface area contributed by atoms with Gasteiger partial charge in [0, 0.05) is 43.4 Å². The standard InChI is InChI=1S/C23H29ClN4O2/c1-2-19-5-3-4-6-21(19)26-22(29)15-25-23(30)17-28-13-11-27(12-14-28)16-18-7-9-20(24)10-8-18/h3-10H,2,11-17H2,1H3,(H,25,30)(H,26,29). The number of para-hydroxylation sites is 1. The topological polar surface area (TPSA) is 64.7 Å². The van der Waals surface area contributed by atoms with Gasteiger partial charge in [-0.3, -0.25) is 19.4 Å². The van der Waals surface area contributed by atoms with Crippen molar-refractivity contribution in [1.29, 1.82) is 0 Å². The number of rotatable bonds is 8. The van der Waals surface area contributed by atoms with E-state index in [9.17, 15) is 9.59 Å². The summed E-state index contributed by atoms with van der Waals surface area (Å²) in [5, 5.41) is 6.34. The van der Waals surface area contributed by atoms with Gasteiger partial charge in [-0.15, -0.1) is 0 Å². The average Bonchev–Trinajstić information content (AvgIpc) is 2.76. The number of halogens is 1. The molecule has 0 aliphatic carbocycles. The largest absolute Gasteiger partial charge is 0.346 e. The van der Waals surface area contributed by atoms with Crippen molar-refractivity contribution in [2.45, 2.75) is 19.9 Å². The van der Waals surface area contributed by atoms with Gasteiger partial charge in [0.15, 0.2) is 0 Å². The summed E-state index contributed by atoms with van der Waals surface area (Å²) < 4.78 is 0. The lowest BCUT2D eigenvalue weighted by Crippen LogP contribution is -2.49. The lowest BCUT2D eigenvalue weighted by molar-refractivity contribution is -0.125. The molecule has 1 saturated heterocycles. The van der Waals surface area contributed by atoms with Crippen molar-refractivity contribution in [2.24, 2.45) is 0 Å². The van der Waals surface area contributed by atoms with Crippen LogP contribution < -0.4 is 10.6 Å². The lowest BCUT2D eigenvalue weighted by atomic mass is 10.1. The summed E-state index contributed by atoms with van der Waals surface area (Å²) in [6, 6.07) is 15.6. The van der Waals surface area contributed by atoms with E-state index in [4.69, 9.17) is 11.6 Å². The zero-order chi connectivity index (χ0) is 21.3. The summed E-state index contributed by atoms with van der Waals surface area (Å²) in [7, 11) is 0. The first-order valence-electron chi connectivity index (χ1n) is 10.4. The fourth-order valence-corrected chi connectivity index (χ4v) is 3.66. The van der Waals surface area contributed by atoms with Crippen molar-refractivity contribution in [1.82, 2.24) is 15.1 Å². The maximum atomic E-state index is 12.2. The van der Waals surface area contributed by atoms with Gasteiger partial charge in [0.2, 0.25) is 11.8 Å². The number of carbonyl (C=O) groups excluding carboxylic acids is 2. The molecule has 0 saturated carbocycles. The molecule has 2 aromatic carbocycles. The number of hydrogen-bond donors (Lipinski definition) is 2. The fourth-order valence-electron chi connectivity index (χ4n) is 3.54. The molecule has 2 amide bonds. The van der Waals surface area contributed by atoms with E-state index in [1.165, 1.54) is 5.56 Å². The summed E-state index contributed by atoms with van der Waals surface area (Å²) in [6.07, 6.45) is 0.840. The predicted octanol–water partition coefficient (Wildman–Crippen LogP) is 2.77. The molecule has 0 spiro atoms. The Hall–Kier alpha value is -2.41. The summed E-state index contributed by atoms with van der Waals surface area (Å²) in [5.41, 5.74) is 3.12. The van der Waals surface area contributed by atoms with E-state index in [-0.39, 0.29) is 18.4 Å². The van der Waals surface area contributed by atoms with Crippen molar-refractivity contribution in [3.05, 3.63) is 64.7 Å². The van der Waals surface area contributed by atoms with E-state index in [0.29, 0.717) is 6.54 Å². The minimum Gasteiger partial charge on any atom is -0.346 e. The summed E-state index contributed by atoms with van der Waals surface area (Å²) >= 11 is 5.94. The third-order valence-corrected chi connectivity index (χ3v) is 5.52. The van der Waals surface area contributed by atoms with E-state index in [1.807, 2.05) is 55.5 Å². The highest BCUT2D eigenvalue weighted by Gasteiger charge is 2.19. The monoisotopic (exact) mass is 428 g/mol. The van der Waals surface area contributed by atoms with Crippen LogP contribution in [0.4, 0.5) is 5.69 Å². The molecule has 0 aromatic heterocycles. The number of anilines is 1. The number of amides is 2. The van der Waals surface area contributed by atoms with E-state index >= 15 is 0 Å². The second-order valence-corrected chi connectivity index (χ2v) is 7.95. The molecule has 30 heavy (non-hydrogen) atoms. The number of aryl methyl sites for hydroxylation is 1. The number of benzene rings is 2. The third kappa shape index (κ3) is 6.83. The van der Waals surface area contributed by atoms with Crippen LogP contribution in [0.1, 0.15) is 18.1 Å². The highest BCUT2D eigenvalue weighted by atomic mass is 35.5. The Morgan fingerprint density at radius 1 is 0.933 bits per heavy atom. The van der Waals surface area contributed by atoms with E-state index in [0.717, 1.165) is 55.4 Å². The molecule has 0 unspecified atom stereocenters. The van der Waals surface area contributed by atoms with Gasteiger partial charge in [-0.25, -0.2) is 0 Å². The zero-order valence-electron chi connectivity index (χ0n) is 17.4. The van der Waals surface area contributed by atoms with Gasteiger partial charge >= 0.3 is 0 Å². The zero-order valence-corrected chi connectivity index (χ0v) is 18.1. The summed E-state index contributed by atoms with van der Waals surface area (Å²) in [6.45, 7) is 6.70. The smallest absolute Gasteiger partial charge is 0.243 e. The van der Waals surface area contributed by atoms with Gasteiger partial charge < -0.3 is 10.6 Å². The lowest BCUT2D eigenvalue weighted by Gasteiger charge is -2.34. The Labute approximate surface area is 183 Å². The molecule has 2 aromatic rings. The van der Waals surface area contributed by atoms with Crippen LogP contribution in [0.25, 0.3) is 0 Å². The van der Waals surface area contributed by atoms with Crippen LogP contribution in [0.15, 0.2) is 48.5 Å². The van der Waals surface area contributed by atoms with Crippen LogP contribution >= 0.6 is 11.6 Å². The van der Waals surface area contributed by atoms with Crippen molar-refractivity contribution >= 4 is 29.1 Å². The van der Waals surface area contributed by atoms with Gasteiger partial charge in [0.25, 0.3) is 0 Å². The minimum absolute atomic E-state index is 0.0204. The first kappa shape index (κ1) is 22.3. The molecule has 1 heterocycles. The van der Waals surface area contributed by atoms with Crippen LogP contribution in [0.5, 0.6) is 0 Å². The summed E-state index contributed by atoms with van der Waals surface area (Å²) in [5.74, 6) is -0.336. The number of piperazine rings is 1.